The van der Waals surface area contributed by atoms with Gasteiger partial charge in [0, 0.05) is 19.3 Å². The van der Waals surface area contributed by atoms with Gasteiger partial charge >= 0.3 is 17.9 Å². The molecule has 0 spiro atoms. The third-order valence-electron chi connectivity index (χ3n) is 16.1. The molecule has 0 aromatic rings. The van der Waals surface area contributed by atoms with Crippen LogP contribution < -0.4 is 0 Å². The Morgan fingerprint density at radius 2 is 0.487 bits per heavy atom. The maximum atomic E-state index is 12.9. The molecule has 0 aromatic heterocycles. The molecule has 0 aliphatic carbocycles. The third kappa shape index (κ3) is 66.2. The maximum absolute atomic E-state index is 12.9. The molecule has 0 aliphatic heterocycles. The van der Waals surface area contributed by atoms with Crippen LogP contribution in [-0.4, -0.2) is 37.2 Å². The lowest BCUT2D eigenvalue weighted by molar-refractivity contribution is -0.167. The molecule has 0 saturated carbocycles. The first-order valence-corrected chi connectivity index (χ1v) is 35.6. The Morgan fingerprint density at radius 1 is 0.263 bits per heavy atom. The molecule has 1 unspecified atom stereocenters. The van der Waals surface area contributed by atoms with Crippen LogP contribution in [0, 0.1) is 0 Å². The molecule has 0 bridgehead atoms. The number of hydrogen-bond acceptors (Lipinski definition) is 6. The Balaban J connectivity index is 4.17. The highest BCUT2D eigenvalue weighted by Gasteiger charge is 2.19. The Morgan fingerprint density at radius 3 is 0.762 bits per heavy atom. The molecular formula is C74H136O6. The van der Waals surface area contributed by atoms with Crippen LogP contribution in [0.15, 0.2) is 48.6 Å². The number of ether oxygens (including phenoxy) is 3. The molecule has 0 N–H and O–H groups in total. The summed E-state index contributed by atoms with van der Waals surface area (Å²) in [5.41, 5.74) is 0. The van der Waals surface area contributed by atoms with Crippen molar-refractivity contribution in [1.82, 2.24) is 0 Å². The minimum atomic E-state index is -0.771. The van der Waals surface area contributed by atoms with Crippen molar-refractivity contribution in [2.24, 2.45) is 0 Å². The molecular weight excluding hydrogens is 985 g/mol. The Hall–Kier alpha value is -2.63. The smallest absolute Gasteiger partial charge is 0.306 e. The summed E-state index contributed by atoms with van der Waals surface area (Å²) in [5, 5.41) is 0. The van der Waals surface area contributed by atoms with Crippen LogP contribution >= 0.6 is 0 Å². The standard InChI is InChI=1S/C74H136O6/c1-4-7-10-13-16-19-22-24-26-28-30-32-34-36-38-39-41-43-45-47-49-52-55-58-61-64-67-73(76)79-70-71(69-78-72(75)66-63-60-57-54-51-21-18-15-12-9-6-3)80-74(77)68-65-62-59-56-53-50-48-46-44-42-40-37-35-33-31-29-27-25-23-20-17-14-11-8-5-2/h8,11,17,20,25,27,31,33,71H,4-7,9-10,12-16,18-19,21-24,26,28-30,32,34-70H2,1-3H3/b11-8-,20-17-,27-25-,33-31-. The summed E-state index contributed by atoms with van der Waals surface area (Å²) in [4.78, 5) is 38.4. The summed E-state index contributed by atoms with van der Waals surface area (Å²) in [6, 6.07) is 0. The largest absolute Gasteiger partial charge is 0.462 e. The van der Waals surface area contributed by atoms with E-state index in [0.29, 0.717) is 19.3 Å². The van der Waals surface area contributed by atoms with E-state index < -0.39 is 6.10 Å². The molecule has 0 heterocycles. The van der Waals surface area contributed by atoms with Crippen molar-refractivity contribution < 1.29 is 28.6 Å². The van der Waals surface area contributed by atoms with Gasteiger partial charge in [-0.3, -0.25) is 14.4 Å². The van der Waals surface area contributed by atoms with E-state index in [0.717, 1.165) is 83.5 Å². The molecule has 0 fully saturated rings. The molecule has 1 atom stereocenters. The number of hydrogen-bond donors (Lipinski definition) is 0. The predicted octanol–water partition coefficient (Wildman–Crippen LogP) is 24.5. The minimum absolute atomic E-state index is 0.0677. The van der Waals surface area contributed by atoms with Gasteiger partial charge in [0.15, 0.2) is 6.10 Å². The summed E-state index contributed by atoms with van der Waals surface area (Å²) in [7, 11) is 0. The number of carbonyl (C=O) groups is 3. The zero-order chi connectivity index (χ0) is 57.8. The molecule has 0 aromatic carbocycles. The summed E-state index contributed by atoms with van der Waals surface area (Å²) < 4.78 is 17.0. The lowest BCUT2D eigenvalue weighted by Crippen LogP contribution is -2.30. The van der Waals surface area contributed by atoms with Crippen LogP contribution in [0.1, 0.15) is 387 Å². The van der Waals surface area contributed by atoms with E-state index in [1.165, 1.54) is 263 Å². The van der Waals surface area contributed by atoms with Crippen LogP contribution in [0.4, 0.5) is 0 Å². The summed E-state index contributed by atoms with van der Waals surface area (Å²) in [6.45, 7) is 6.59. The van der Waals surface area contributed by atoms with Gasteiger partial charge in [-0.25, -0.2) is 0 Å². The van der Waals surface area contributed by atoms with E-state index in [1.54, 1.807) is 0 Å². The van der Waals surface area contributed by atoms with E-state index in [-0.39, 0.29) is 31.1 Å². The van der Waals surface area contributed by atoms with E-state index >= 15 is 0 Å². The summed E-state index contributed by atoms with van der Waals surface area (Å²) in [5.74, 6) is -0.843. The molecule has 0 amide bonds. The molecule has 0 radical (unpaired) electrons. The van der Waals surface area contributed by atoms with Crippen LogP contribution in [-0.2, 0) is 28.6 Å². The van der Waals surface area contributed by atoms with Gasteiger partial charge in [-0.05, 0) is 57.8 Å². The quantitative estimate of drug-likeness (QED) is 0.0261. The van der Waals surface area contributed by atoms with Crippen molar-refractivity contribution in [3.05, 3.63) is 48.6 Å². The number of unbranched alkanes of at least 4 members (excludes halogenated alkanes) is 47. The average molecular weight is 1120 g/mol. The first-order chi connectivity index (χ1) is 39.5. The Kier molecular flexibility index (Phi) is 66.6. The number of esters is 3. The van der Waals surface area contributed by atoms with Gasteiger partial charge in [0.2, 0.25) is 0 Å². The SMILES string of the molecule is CC/C=C\C/C=C\C/C=C\C/C=C\CCCCCCCCCCCCCCC(=O)OC(COC(=O)CCCCCCCCCCCCC)COC(=O)CCCCCCCCCCCCCCCCCCCCCCCCCCCC. The molecule has 0 saturated heterocycles. The third-order valence-corrected chi connectivity index (χ3v) is 16.1. The molecule has 6 heteroatoms. The fourth-order valence-corrected chi connectivity index (χ4v) is 10.8. The monoisotopic (exact) mass is 1120 g/mol. The van der Waals surface area contributed by atoms with E-state index in [9.17, 15) is 14.4 Å². The Labute approximate surface area is 498 Å². The van der Waals surface area contributed by atoms with Crippen LogP contribution in [0.5, 0.6) is 0 Å². The molecule has 0 aliphatic rings. The molecule has 0 rings (SSSR count). The van der Waals surface area contributed by atoms with Crippen LogP contribution in [0.25, 0.3) is 0 Å². The highest BCUT2D eigenvalue weighted by atomic mass is 16.6. The van der Waals surface area contributed by atoms with Crippen molar-refractivity contribution >= 4 is 17.9 Å². The predicted molar refractivity (Wildman–Crippen MR) is 349 cm³/mol. The van der Waals surface area contributed by atoms with Crippen molar-refractivity contribution in [2.45, 2.75) is 393 Å². The zero-order valence-electron chi connectivity index (χ0n) is 53.9. The van der Waals surface area contributed by atoms with Gasteiger partial charge in [-0.1, -0.05) is 358 Å². The number of rotatable bonds is 66. The van der Waals surface area contributed by atoms with Gasteiger partial charge in [-0.2, -0.15) is 0 Å². The first-order valence-electron chi connectivity index (χ1n) is 35.6. The van der Waals surface area contributed by atoms with Crippen molar-refractivity contribution in [3.63, 3.8) is 0 Å². The minimum Gasteiger partial charge on any atom is -0.462 e. The second-order valence-corrected chi connectivity index (χ2v) is 24.1. The number of carbonyl (C=O) groups excluding carboxylic acids is 3. The molecule has 80 heavy (non-hydrogen) atoms. The van der Waals surface area contributed by atoms with E-state index in [2.05, 4.69) is 69.4 Å². The highest BCUT2D eigenvalue weighted by Crippen LogP contribution is 2.19. The van der Waals surface area contributed by atoms with Gasteiger partial charge in [0.1, 0.15) is 13.2 Å². The topological polar surface area (TPSA) is 78.9 Å². The lowest BCUT2D eigenvalue weighted by Gasteiger charge is -2.18. The highest BCUT2D eigenvalue weighted by molar-refractivity contribution is 5.71. The van der Waals surface area contributed by atoms with E-state index in [1.807, 2.05) is 0 Å². The first kappa shape index (κ1) is 77.4. The van der Waals surface area contributed by atoms with Crippen molar-refractivity contribution in [1.29, 1.82) is 0 Å². The lowest BCUT2D eigenvalue weighted by atomic mass is 10.0. The second-order valence-electron chi connectivity index (χ2n) is 24.1. The second kappa shape index (κ2) is 68.9. The Bertz CT molecular complexity index is 1380. The van der Waals surface area contributed by atoms with Crippen molar-refractivity contribution in [2.75, 3.05) is 13.2 Å². The van der Waals surface area contributed by atoms with Crippen molar-refractivity contribution in [3.8, 4) is 0 Å². The summed E-state index contributed by atoms with van der Waals surface area (Å²) in [6.07, 6.45) is 87.2. The van der Waals surface area contributed by atoms with Crippen LogP contribution in [0.2, 0.25) is 0 Å². The molecule has 468 valence electrons. The van der Waals surface area contributed by atoms with Crippen LogP contribution in [0.3, 0.4) is 0 Å². The van der Waals surface area contributed by atoms with Gasteiger partial charge < -0.3 is 14.2 Å². The summed E-state index contributed by atoms with van der Waals surface area (Å²) >= 11 is 0. The fourth-order valence-electron chi connectivity index (χ4n) is 10.8. The fraction of sp³-hybridized carbons (Fsp3) is 0.851. The maximum Gasteiger partial charge on any atom is 0.306 e. The molecule has 6 nitrogen and oxygen atoms in total. The zero-order valence-corrected chi connectivity index (χ0v) is 53.9. The van der Waals surface area contributed by atoms with Gasteiger partial charge in [0.25, 0.3) is 0 Å². The number of allylic oxidation sites excluding steroid dienone is 8. The van der Waals surface area contributed by atoms with E-state index in [4.69, 9.17) is 14.2 Å². The van der Waals surface area contributed by atoms with Gasteiger partial charge in [0.05, 0.1) is 0 Å². The van der Waals surface area contributed by atoms with Gasteiger partial charge in [-0.15, -0.1) is 0 Å². The normalized spacial score (nSPS) is 12.3. The average Bonchev–Trinajstić information content (AvgIpc) is 3.46.